The van der Waals surface area contributed by atoms with Crippen molar-refractivity contribution in [1.82, 2.24) is 5.32 Å². The fraction of sp³-hybridized carbons (Fsp3) is 0.500. The molecule has 0 aromatic heterocycles. The van der Waals surface area contributed by atoms with E-state index in [0.717, 1.165) is 22.3 Å². The van der Waals surface area contributed by atoms with E-state index in [0.29, 0.717) is 31.3 Å². The first kappa shape index (κ1) is 20.3. The number of amides is 1. The van der Waals surface area contributed by atoms with Gasteiger partial charge < -0.3 is 15.2 Å². The Balaban J connectivity index is 1.88. The fourth-order valence-electron chi connectivity index (χ4n) is 4.31. The number of ether oxygens (including phenoxy) is 1. The Hall–Kier alpha value is -2.39. The third kappa shape index (κ3) is 3.77. The van der Waals surface area contributed by atoms with Crippen molar-refractivity contribution in [2.24, 2.45) is 0 Å². The van der Waals surface area contributed by atoms with Crippen molar-refractivity contribution in [3.05, 3.63) is 40.1 Å². The number of nitrogens with one attached hydrogen (secondary N) is 1. The molecule has 0 bridgehead atoms. The van der Waals surface area contributed by atoms with E-state index in [9.17, 15) is 18.7 Å². The van der Waals surface area contributed by atoms with Crippen LogP contribution in [0.15, 0.2) is 17.9 Å². The Morgan fingerprint density at radius 3 is 2.43 bits per heavy atom. The van der Waals surface area contributed by atoms with Crippen molar-refractivity contribution in [2.75, 3.05) is 6.61 Å². The Labute approximate surface area is 164 Å². The van der Waals surface area contributed by atoms with E-state index in [-0.39, 0.29) is 17.8 Å². The number of hydrogen-bond acceptors (Lipinski definition) is 3. The van der Waals surface area contributed by atoms with Crippen molar-refractivity contribution >= 4 is 11.5 Å². The number of rotatable bonds is 4. The van der Waals surface area contributed by atoms with Gasteiger partial charge in [-0.3, -0.25) is 4.79 Å². The molecule has 28 heavy (non-hydrogen) atoms. The largest absolute Gasteiger partial charge is 0.509 e. The maximum atomic E-state index is 12.8. The molecule has 4 nitrogen and oxygen atoms in total. The average Bonchev–Trinajstić information content (AvgIpc) is 2.85. The molecule has 1 heterocycles. The van der Waals surface area contributed by atoms with E-state index < -0.39 is 18.6 Å². The van der Waals surface area contributed by atoms with Gasteiger partial charge in [0.2, 0.25) is 0 Å². The van der Waals surface area contributed by atoms with Gasteiger partial charge in [-0.25, -0.2) is 8.78 Å². The lowest BCUT2D eigenvalue weighted by molar-refractivity contribution is -0.117. The summed E-state index contributed by atoms with van der Waals surface area (Å²) < 4.78 is 29.9. The minimum Gasteiger partial charge on any atom is -0.509 e. The van der Waals surface area contributed by atoms with Gasteiger partial charge >= 0.3 is 0 Å². The Morgan fingerprint density at radius 1 is 1.29 bits per heavy atom. The summed E-state index contributed by atoms with van der Waals surface area (Å²) in [5.41, 5.74) is 2.81. The third-order valence-corrected chi connectivity index (χ3v) is 5.57. The fourth-order valence-corrected chi connectivity index (χ4v) is 4.31. The number of carbonyl (C=O) groups excluding carboxylic acids is 1. The molecule has 6 heteroatoms. The SMILES string of the molecule is CC#Cc1cc(C)c(C2=C(O)C3(CCC(OCC(F)F)CC3)NC2=O)c(C)c1. The maximum absolute atomic E-state index is 12.8. The summed E-state index contributed by atoms with van der Waals surface area (Å²) in [7, 11) is 0. The quantitative estimate of drug-likeness (QED) is 0.765. The molecule has 0 unspecified atom stereocenters. The predicted octanol–water partition coefficient (Wildman–Crippen LogP) is 4.04. The molecule has 3 rings (SSSR count). The zero-order valence-electron chi connectivity index (χ0n) is 16.4. The van der Waals surface area contributed by atoms with Crippen LogP contribution in [-0.2, 0) is 9.53 Å². The summed E-state index contributed by atoms with van der Waals surface area (Å²) in [5.74, 6) is 5.62. The van der Waals surface area contributed by atoms with Crippen LogP contribution in [-0.4, -0.2) is 35.7 Å². The molecule has 1 aromatic carbocycles. The maximum Gasteiger partial charge on any atom is 0.261 e. The average molecular weight is 389 g/mol. The Morgan fingerprint density at radius 2 is 1.89 bits per heavy atom. The molecule has 1 amide bonds. The molecule has 1 aromatic rings. The molecule has 2 N–H and O–H groups in total. The van der Waals surface area contributed by atoms with E-state index in [1.54, 1.807) is 6.92 Å². The van der Waals surface area contributed by atoms with Gasteiger partial charge in [-0.2, -0.15) is 0 Å². The predicted molar refractivity (Wildman–Crippen MR) is 103 cm³/mol. The first-order valence-electron chi connectivity index (χ1n) is 9.48. The Kier molecular flexibility index (Phi) is 5.76. The van der Waals surface area contributed by atoms with Crippen LogP contribution in [0.1, 0.15) is 54.9 Å². The van der Waals surface area contributed by atoms with Gasteiger partial charge in [0.15, 0.2) is 0 Å². The van der Waals surface area contributed by atoms with Gasteiger partial charge in [-0.05, 0) is 75.3 Å². The molecule has 0 saturated heterocycles. The molecule has 2 aliphatic rings. The van der Waals surface area contributed by atoms with Crippen molar-refractivity contribution in [2.45, 2.75) is 64.5 Å². The molecule has 1 aliphatic carbocycles. The topological polar surface area (TPSA) is 58.6 Å². The number of benzene rings is 1. The second-order valence-electron chi connectivity index (χ2n) is 7.54. The van der Waals surface area contributed by atoms with Gasteiger partial charge in [0.05, 0.1) is 17.2 Å². The molecular formula is C22H25F2NO3. The number of aliphatic hydroxyl groups excluding tert-OH is 1. The molecule has 1 saturated carbocycles. The zero-order chi connectivity index (χ0) is 20.5. The number of halogens is 2. The minimum atomic E-state index is -2.49. The lowest BCUT2D eigenvalue weighted by Gasteiger charge is -2.37. The van der Waals surface area contributed by atoms with Crippen LogP contribution in [0.3, 0.4) is 0 Å². The van der Waals surface area contributed by atoms with Gasteiger partial charge in [0, 0.05) is 5.56 Å². The van der Waals surface area contributed by atoms with Gasteiger partial charge in [0.25, 0.3) is 12.3 Å². The lowest BCUT2D eigenvalue weighted by Crippen LogP contribution is -2.48. The third-order valence-electron chi connectivity index (χ3n) is 5.57. The van der Waals surface area contributed by atoms with Crippen molar-refractivity contribution in [3.63, 3.8) is 0 Å². The van der Waals surface area contributed by atoms with Gasteiger partial charge in [-0.1, -0.05) is 5.92 Å². The summed E-state index contributed by atoms with van der Waals surface area (Å²) >= 11 is 0. The second-order valence-corrected chi connectivity index (χ2v) is 7.54. The first-order valence-corrected chi connectivity index (χ1v) is 9.48. The van der Waals surface area contributed by atoms with Crippen LogP contribution in [0.2, 0.25) is 0 Å². The Bertz CT molecular complexity index is 848. The minimum absolute atomic E-state index is 0.0466. The monoisotopic (exact) mass is 389 g/mol. The van der Waals surface area contributed by atoms with Crippen LogP contribution < -0.4 is 5.32 Å². The first-order chi connectivity index (χ1) is 13.3. The molecule has 150 valence electrons. The highest BCUT2D eigenvalue weighted by Gasteiger charge is 2.48. The number of alkyl halides is 2. The highest BCUT2D eigenvalue weighted by atomic mass is 19.3. The summed E-state index contributed by atoms with van der Waals surface area (Å²) in [5, 5.41) is 14.0. The van der Waals surface area contributed by atoms with E-state index in [1.165, 1.54) is 0 Å². The molecule has 1 fully saturated rings. The lowest BCUT2D eigenvalue weighted by atomic mass is 9.79. The normalized spacial score (nSPS) is 24.5. The van der Waals surface area contributed by atoms with E-state index in [1.807, 2.05) is 26.0 Å². The van der Waals surface area contributed by atoms with Crippen LogP contribution >= 0.6 is 0 Å². The summed E-state index contributed by atoms with van der Waals surface area (Å²) in [6, 6.07) is 3.82. The van der Waals surface area contributed by atoms with Crippen molar-refractivity contribution < 1.29 is 23.4 Å². The number of hydrogen-bond donors (Lipinski definition) is 2. The van der Waals surface area contributed by atoms with Gasteiger partial charge in [-0.15, -0.1) is 5.92 Å². The van der Waals surface area contributed by atoms with Crippen LogP contribution in [0.25, 0.3) is 5.57 Å². The van der Waals surface area contributed by atoms with E-state index in [2.05, 4.69) is 17.2 Å². The van der Waals surface area contributed by atoms with Gasteiger partial charge in [0.1, 0.15) is 12.4 Å². The highest BCUT2D eigenvalue weighted by molar-refractivity contribution is 6.24. The molecule has 0 radical (unpaired) electrons. The number of aryl methyl sites for hydroxylation is 2. The number of aliphatic hydroxyl groups is 1. The van der Waals surface area contributed by atoms with E-state index in [4.69, 9.17) is 4.74 Å². The summed E-state index contributed by atoms with van der Waals surface area (Å²) in [6.07, 6.45) is -0.836. The number of carbonyl (C=O) groups is 1. The van der Waals surface area contributed by atoms with E-state index >= 15 is 0 Å². The summed E-state index contributed by atoms with van der Waals surface area (Å²) in [6.45, 7) is 4.98. The van der Waals surface area contributed by atoms with Crippen molar-refractivity contribution in [3.8, 4) is 11.8 Å². The van der Waals surface area contributed by atoms with Crippen LogP contribution in [0, 0.1) is 25.7 Å². The molecule has 1 spiro atoms. The molecule has 1 aliphatic heterocycles. The summed E-state index contributed by atoms with van der Waals surface area (Å²) in [4.78, 5) is 12.8. The zero-order valence-corrected chi connectivity index (χ0v) is 16.4. The van der Waals surface area contributed by atoms with Crippen LogP contribution in [0.4, 0.5) is 8.78 Å². The molecular weight excluding hydrogens is 364 g/mol. The van der Waals surface area contributed by atoms with Crippen molar-refractivity contribution in [1.29, 1.82) is 0 Å². The standard InChI is InChI=1S/C22H25F2NO3/c1-4-5-15-10-13(2)18(14(3)11-15)19-20(26)22(25-21(19)27)8-6-16(7-9-22)28-12-17(23)24/h10-11,16-17,26H,6-9,12H2,1-3H3,(H,25,27). The van der Waals surface area contributed by atoms with Crippen LogP contribution in [0.5, 0.6) is 0 Å². The smallest absolute Gasteiger partial charge is 0.261 e. The highest BCUT2D eigenvalue weighted by Crippen LogP contribution is 2.43. The molecule has 0 atom stereocenters. The second kappa shape index (κ2) is 7.92.